The van der Waals surface area contributed by atoms with Gasteiger partial charge in [-0.1, -0.05) is 0 Å². The summed E-state index contributed by atoms with van der Waals surface area (Å²) in [5, 5.41) is 8.40. The van der Waals surface area contributed by atoms with Crippen LogP contribution in [0.15, 0.2) is 0 Å². The third-order valence-corrected chi connectivity index (χ3v) is 1.59. The zero-order valence-electron chi connectivity index (χ0n) is 5.34. The van der Waals surface area contributed by atoms with E-state index in [2.05, 4.69) is 0 Å². The number of carbonyl (C=O) groups is 1. The summed E-state index contributed by atoms with van der Waals surface area (Å²) >= 11 is 0. The van der Waals surface area contributed by atoms with Gasteiger partial charge in [-0.15, -0.1) is 0 Å². The van der Waals surface area contributed by atoms with Crippen molar-refractivity contribution in [3.8, 4) is 0 Å². The standard InChI is InChI=1S/C5H9NO3/c1-4(2)5(6,9-4)3(7)8/h6H2,1-2H3,(H,7,8). The lowest BCUT2D eigenvalue weighted by molar-refractivity contribution is -0.143. The maximum Gasteiger partial charge on any atom is 0.354 e. The quantitative estimate of drug-likeness (QED) is 0.472. The van der Waals surface area contributed by atoms with E-state index in [4.69, 9.17) is 15.6 Å². The van der Waals surface area contributed by atoms with Crippen LogP contribution in [-0.2, 0) is 9.53 Å². The van der Waals surface area contributed by atoms with Crippen LogP contribution in [0.3, 0.4) is 0 Å². The summed E-state index contributed by atoms with van der Waals surface area (Å²) in [5.41, 5.74) is 3.11. The second-order valence-corrected chi connectivity index (χ2v) is 2.65. The van der Waals surface area contributed by atoms with Gasteiger partial charge in [0.15, 0.2) is 0 Å². The second-order valence-electron chi connectivity index (χ2n) is 2.65. The SMILES string of the molecule is CC1(C)OC1(N)C(=O)O. The molecule has 1 heterocycles. The summed E-state index contributed by atoms with van der Waals surface area (Å²) in [6.07, 6.45) is 0. The topological polar surface area (TPSA) is 75.8 Å². The Hall–Kier alpha value is -0.610. The van der Waals surface area contributed by atoms with E-state index in [9.17, 15) is 4.79 Å². The Morgan fingerprint density at radius 3 is 2.00 bits per heavy atom. The Kier molecular flexibility index (Phi) is 0.921. The zero-order chi connectivity index (χ0) is 7.28. The van der Waals surface area contributed by atoms with Crippen LogP contribution in [-0.4, -0.2) is 22.4 Å². The molecule has 4 nitrogen and oxygen atoms in total. The number of aliphatic carboxylic acids is 1. The van der Waals surface area contributed by atoms with E-state index >= 15 is 0 Å². The van der Waals surface area contributed by atoms with Gasteiger partial charge >= 0.3 is 5.97 Å². The fourth-order valence-corrected chi connectivity index (χ4v) is 0.678. The number of epoxide rings is 1. The maximum absolute atomic E-state index is 10.2. The first-order valence-electron chi connectivity index (χ1n) is 2.62. The summed E-state index contributed by atoms with van der Waals surface area (Å²) in [4.78, 5) is 10.2. The third kappa shape index (κ3) is 0.635. The fraction of sp³-hybridized carbons (Fsp3) is 0.800. The van der Waals surface area contributed by atoms with Crippen molar-refractivity contribution in [2.45, 2.75) is 25.2 Å². The first-order valence-corrected chi connectivity index (χ1v) is 2.62. The zero-order valence-corrected chi connectivity index (χ0v) is 5.34. The van der Waals surface area contributed by atoms with E-state index in [1.54, 1.807) is 13.8 Å². The number of nitrogens with two attached hydrogens (primary N) is 1. The number of hydrogen-bond donors (Lipinski definition) is 2. The molecule has 1 aliphatic heterocycles. The highest BCUT2D eigenvalue weighted by Crippen LogP contribution is 2.42. The Morgan fingerprint density at radius 1 is 1.67 bits per heavy atom. The van der Waals surface area contributed by atoms with Crippen LogP contribution in [0.2, 0.25) is 0 Å². The van der Waals surface area contributed by atoms with Crippen LogP contribution in [0.1, 0.15) is 13.8 Å². The molecular formula is C5H9NO3. The minimum atomic E-state index is -1.44. The molecule has 52 valence electrons. The molecule has 0 radical (unpaired) electrons. The van der Waals surface area contributed by atoms with Gasteiger partial charge < -0.3 is 9.84 Å². The minimum Gasteiger partial charge on any atom is -0.478 e. The van der Waals surface area contributed by atoms with Crippen LogP contribution in [0.4, 0.5) is 0 Å². The number of ether oxygens (including phenoxy) is 1. The highest BCUT2D eigenvalue weighted by atomic mass is 16.7. The predicted octanol–water partition coefficient (Wildman–Crippen LogP) is -0.465. The molecule has 0 bridgehead atoms. The monoisotopic (exact) mass is 131 g/mol. The molecular weight excluding hydrogens is 122 g/mol. The van der Waals surface area contributed by atoms with Crippen LogP contribution in [0.25, 0.3) is 0 Å². The highest BCUT2D eigenvalue weighted by Gasteiger charge is 2.67. The molecule has 1 atom stereocenters. The average molecular weight is 131 g/mol. The van der Waals surface area contributed by atoms with Gasteiger partial charge in [-0.05, 0) is 13.8 Å². The summed E-state index contributed by atoms with van der Waals surface area (Å²) in [7, 11) is 0. The van der Waals surface area contributed by atoms with E-state index in [1.165, 1.54) is 0 Å². The van der Waals surface area contributed by atoms with Crippen molar-refractivity contribution in [2.75, 3.05) is 0 Å². The third-order valence-electron chi connectivity index (χ3n) is 1.59. The first kappa shape index (κ1) is 6.51. The van der Waals surface area contributed by atoms with Gasteiger partial charge in [0.25, 0.3) is 0 Å². The van der Waals surface area contributed by atoms with Crippen molar-refractivity contribution in [1.82, 2.24) is 0 Å². The van der Waals surface area contributed by atoms with Gasteiger partial charge in [-0.25, -0.2) is 4.79 Å². The van der Waals surface area contributed by atoms with Crippen LogP contribution < -0.4 is 5.73 Å². The number of carboxylic acid groups (broad SMARTS) is 1. The summed E-state index contributed by atoms with van der Waals surface area (Å²) < 4.78 is 4.73. The Bertz CT molecular complexity index is 166. The van der Waals surface area contributed by atoms with Gasteiger partial charge in [0.2, 0.25) is 5.72 Å². The number of carboxylic acids is 1. The van der Waals surface area contributed by atoms with Gasteiger partial charge in [0.1, 0.15) is 5.60 Å². The molecule has 0 aliphatic carbocycles. The molecule has 0 spiro atoms. The van der Waals surface area contributed by atoms with E-state index in [0.29, 0.717) is 0 Å². The van der Waals surface area contributed by atoms with Crippen molar-refractivity contribution in [1.29, 1.82) is 0 Å². The van der Waals surface area contributed by atoms with Gasteiger partial charge in [-0.3, -0.25) is 5.73 Å². The largest absolute Gasteiger partial charge is 0.478 e. The van der Waals surface area contributed by atoms with Crippen molar-refractivity contribution in [2.24, 2.45) is 5.73 Å². The molecule has 1 unspecified atom stereocenters. The normalized spacial score (nSPS) is 38.1. The van der Waals surface area contributed by atoms with Crippen LogP contribution in [0.5, 0.6) is 0 Å². The molecule has 0 amide bonds. The molecule has 0 aromatic heterocycles. The lowest BCUT2D eigenvalue weighted by Crippen LogP contribution is -2.40. The van der Waals surface area contributed by atoms with Gasteiger partial charge in [0.05, 0.1) is 0 Å². The fourth-order valence-electron chi connectivity index (χ4n) is 0.678. The second kappa shape index (κ2) is 1.27. The average Bonchev–Trinajstić information content (AvgIpc) is 2.08. The molecule has 3 N–H and O–H groups in total. The Labute approximate surface area is 52.6 Å². The van der Waals surface area contributed by atoms with E-state index in [1.807, 2.05) is 0 Å². The molecule has 1 saturated heterocycles. The number of rotatable bonds is 1. The molecule has 4 heteroatoms. The van der Waals surface area contributed by atoms with Crippen LogP contribution >= 0.6 is 0 Å². The first-order chi connectivity index (χ1) is 3.90. The van der Waals surface area contributed by atoms with Crippen molar-refractivity contribution >= 4 is 5.97 Å². The molecule has 1 aliphatic rings. The molecule has 1 rings (SSSR count). The van der Waals surface area contributed by atoms with Gasteiger partial charge in [-0.2, -0.15) is 0 Å². The van der Waals surface area contributed by atoms with E-state index < -0.39 is 17.3 Å². The molecule has 0 aromatic rings. The predicted molar refractivity (Wildman–Crippen MR) is 29.7 cm³/mol. The summed E-state index contributed by atoms with van der Waals surface area (Å²) in [6.45, 7) is 3.28. The van der Waals surface area contributed by atoms with E-state index in [0.717, 1.165) is 0 Å². The maximum atomic E-state index is 10.2. The molecule has 9 heavy (non-hydrogen) atoms. The van der Waals surface area contributed by atoms with E-state index in [-0.39, 0.29) is 0 Å². The molecule has 0 saturated carbocycles. The van der Waals surface area contributed by atoms with Gasteiger partial charge in [0, 0.05) is 0 Å². The Balaban J connectivity index is 2.74. The van der Waals surface area contributed by atoms with Crippen LogP contribution in [0, 0.1) is 0 Å². The smallest absolute Gasteiger partial charge is 0.354 e. The number of hydrogen-bond acceptors (Lipinski definition) is 3. The lowest BCUT2D eigenvalue weighted by atomic mass is 10.1. The lowest BCUT2D eigenvalue weighted by Gasteiger charge is -1.99. The van der Waals surface area contributed by atoms with Crippen molar-refractivity contribution in [3.05, 3.63) is 0 Å². The summed E-state index contributed by atoms with van der Waals surface area (Å²) in [6, 6.07) is 0. The molecule has 1 fully saturated rings. The van der Waals surface area contributed by atoms with Crippen molar-refractivity contribution < 1.29 is 14.6 Å². The molecule has 0 aromatic carbocycles. The summed E-state index contributed by atoms with van der Waals surface area (Å²) in [5.74, 6) is -1.10. The highest BCUT2D eigenvalue weighted by molar-refractivity contribution is 5.81. The van der Waals surface area contributed by atoms with Crippen molar-refractivity contribution in [3.63, 3.8) is 0 Å². The Morgan fingerprint density at radius 2 is 2.00 bits per heavy atom. The minimum absolute atomic E-state index is 0.696.